The Morgan fingerprint density at radius 1 is 1.06 bits per heavy atom. The Balaban J connectivity index is 1.72. The van der Waals surface area contributed by atoms with E-state index in [1.165, 1.54) is 23.5 Å². The lowest BCUT2D eigenvalue weighted by Crippen LogP contribution is -2.39. The monoisotopic (exact) mass is 485 g/mol. The van der Waals surface area contributed by atoms with Crippen molar-refractivity contribution in [3.05, 3.63) is 60.2 Å². The van der Waals surface area contributed by atoms with Crippen LogP contribution in [-0.4, -0.2) is 38.0 Å². The Morgan fingerprint density at radius 3 is 2.24 bits per heavy atom. The Kier molecular flexibility index (Phi) is 8.49. The molecule has 3 rings (SSSR count). The molecule has 184 valence electrons. The van der Waals surface area contributed by atoms with Crippen LogP contribution in [0.15, 0.2) is 64.6 Å². The normalized spacial score (nSPS) is 16.9. The second-order valence-electron chi connectivity index (χ2n) is 9.79. The van der Waals surface area contributed by atoms with Gasteiger partial charge in [-0.15, -0.1) is 0 Å². The fraction of sp³-hybridized carbons (Fsp3) is 0.462. The van der Waals surface area contributed by atoms with E-state index in [0.717, 1.165) is 37.0 Å². The molecule has 0 aromatic heterocycles. The highest BCUT2D eigenvalue weighted by atomic mass is 32.2. The molecule has 1 N–H and O–H groups in total. The largest absolute Gasteiger partial charge is 0.497 e. The van der Waals surface area contributed by atoms with Gasteiger partial charge in [0.1, 0.15) is 5.75 Å². The third-order valence-corrected chi connectivity index (χ3v) is 8.15. The summed E-state index contributed by atoms with van der Waals surface area (Å²) in [5.41, 5.74) is 4.60. The minimum atomic E-state index is -3.92. The van der Waals surface area contributed by atoms with Gasteiger partial charge in [-0.05, 0) is 66.8 Å². The van der Waals surface area contributed by atoms with Gasteiger partial charge in [0.25, 0.3) is 5.91 Å². The Labute approximate surface area is 203 Å². The van der Waals surface area contributed by atoms with Crippen LogP contribution in [0.4, 0.5) is 0 Å². The predicted octanol–water partition coefficient (Wildman–Crippen LogP) is 4.59. The molecule has 0 heterocycles. The van der Waals surface area contributed by atoms with Crippen LogP contribution >= 0.6 is 0 Å². The van der Waals surface area contributed by atoms with E-state index in [9.17, 15) is 13.2 Å². The number of hydrazone groups is 1. The number of rotatable bonds is 8. The fourth-order valence-electron chi connectivity index (χ4n) is 4.18. The minimum Gasteiger partial charge on any atom is -0.497 e. The Morgan fingerprint density at radius 2 is 1.68 bits per heavy atom. The zero-order valence-corrected chi connectivity index (χ0v) is 21.3. The lowest BCUT2D eigenvalue weighted by Gasteiger charge is -2.34. The molecule has 2 aromatic rings. The molecule has 1 aliphatic carbocycles. The van der Waals surface area contributed by atoms with Crippen molar-refractivity contribution in [1.29, 1.82) is 0 Å². The van der Waals surface area contributed by atoms with Crippen molar-refractivity contribution in [2.45, 2.75) is 57.9 Å². The van der Waals surface area contributed by atoms with Gasteiger partial charge in [0.05, 0.1) is 18.6 Å². The maximum Gasteiger partial charge on any atom is 0.255 e. The van der Waals surface area contributed by atoms with Crippen molar-refractivity contribution in [2.24, 2.45) is 16.4 Å². The molecule has 0 radical (unpaired) electrons. The minimum absolute atomic E-state index is 0.0758. The number of hydrogen-bond acceptors (Lipinski definition) is 5. The second kappa shape index (κ2) is 11.1. The zero-order chi connectivity index (χ0) is 24.8. The van der Waals surface area contributed by atoms with Crippen LogP contribution in [0.25, 0.3) is 0 Å². The van der Waals surface area contributed by atoms with E-state index in [1.807, 2.05) is 30.3 Å². The summed E-state index contributed by atoms with van der Waals surface area (Å²) in [7, 11) is -2.40. The first-order chi connectivity index (χ1) is 16.1. The molecule has 0 aliphatic heterocycles. The molecule has 34 heavy (non-hydrogen) atoms. The van der Waals surface area contributed by atoms with Gasteiger partial charge in [-0.2, -0.15) is 9.41 Å². The Hall–Kier alpha value is -2.71. The summed E-state index contributed by atoms with van der Waals surface area (Å²) in [5.74, 6) is 0.736. The van der Waals surface area contributed by atoms with Gasteiger partial charge in [0.2, 0.25) is 10.0 Å². The van der Waals surface area contributed by atoms with Gasteiger partial charge in [-0.3, -0.25) is 4.79 Å². The molecule has 0 atom stereocenters. The van der Waals surface area contributed by atoms with E-state index in [1.54, 1.807) is 12.1 Å². The number of nitrogens with one attached hydrogen (secondary N) is 1. The SMILES string of the molecule is COc1ccc(S(=O)(=O)N(CC(=O)NN=C2CCC(C(C)(C)C)CC2)Cc2ccccc2)cc1. The molecule has 1 fully saturated rings. The highest BCUT2D eigenvalue weighted by molar-refractivity contribution is 7.89. The number of sulfonamides is 1. The zero-order valence-electron chi connectivity index (χ0n) is 20.5. The molecule has 2 aromatic carbocycles. The summed E-state index contributed by atoms with van der Waals surface area (Å²) >= 11 is 0. The van der Waals surface area contributed by atoms with E-state index in [0.29, 0.717) is 11.7 Å². The van der Waals surface area contributed by atoms with Crippen LogP contribution in [-0.2, 0) is 21.4 Å². The molecule has 0 bridgehead atoms. The van der Waals surface area contributed by atoms with Crippen molar-refractivity contribution in [2.75, 3.05) is 13.7 Å². The van der Waals surface area contributed by atoms with Crippen molar-refractivity contribution >= 4 is 21.6 Å². The molecule has 1 amide bonds. The molecule has 8 heteroatoms. The number of nitrogens with zero attached hydrogens (tertiary/aromatic N) is 2. The van der Waals surface area contributed by atoms with Gasteiger partial charge in [0.15, 0.2) is 0 Å². The summed E-state index contributed by atoms with van der Waals surface area (Å²) in [6, 6.07) is 15.4. The first-order valence-electron chi connectivity index (χ1n) is 11.6. The molecule has 0 unspecified atom stereocenters. The van der Waals surface area contributed by atoms with Crippen LogP contribution in [0.3, 0.4) is 0 Å². The average Bonchev–Trinajstić information content (AvgIpc) is 2.82. The highest BCUT2D eigenvalue weighted by Gasteiger charge is 2.29. The molecule has 0 saturated heterocycles. The van der Waals surface area contributed by atoms with Crippen molar-refractivity contribution in [3.8, 4) is 5.75 Å². The van der Waals surface area contributed by atoms with Crippen LogP contribution in [0.5, 0.6) is 5.75 Å². The van der Waals surface area contributed by atoms with Gasteiger partial charge >= 0.3 is 0 Å². The van der Waals surface area contributed by atoms with Crippen LogP contribution in [0, 0.1) is 11.3 Å². The second-order valence-corrected chi connectivity index (χ2v) is 11.7. The predicted molar refractivity (Wildman–Crippen MR) is 134 cm³/mol. The summed E-state index contributed by atoms with van der Waals surface area (Å²) in [6.07, 6.45) is 3.79. The Bertz CT molecular complexity index is 1080. The van der Waals surface area contributed by atoms with E-state index in [-0.39, 0.29) is 23.4 Å². The topological polar surface area (TPSA) is 88.1 Å². The first-order valence-corrected chi connectivity index (χ1v) is 13.1. The standard InChI is InChI=1S/C26H35N3O4S/c1-26(2,3)21-10-12-22(13-11-21)27-28-25(30)19-29(18-20-8-6-5-7-9-20)34(31,32)24-16-14-23(33-4)15-17-24/h5-9,14-17,21H,10-13,18-19H2,1-4H3,(H,28,30). The lowest BCUT2D eigenvalue weighted by atomic mass is 9.72. The highest BCUT2D eigenvalue weighted by Crippen LogP contribution is 2.36. The van der Waals surface area contributed by atoms with Gasteiger partial charge in [0, 0.05) is 12.3 Å². The van der Waals surface area contributed by atoms with Crippen molar-refractivity contribution < 1.29 is 17.9 Å². The summed E-state index contributed by atoms with van der Waals surface area (Å²) < 4.78 is 33.1. The smallest absolute Gasteiger partial charge is 0.255 e. The summed E-state index contributed by atoms with van der Waals surface area (Å²) in [6.45, 7) is 6.52. The number of methoxy groups -OCH3 is 1. The van der Waals surface area contributed by atoms with Crippen molar-refractivity contribution in [1.82, 2.24) is 9.73 Å². The number of benzene rings is 2. The average molecular weight is 486 g/mol. The van der Waals surface area contributed by atoms with Crippen molar-refractivity contribution in [3.63, 3.8) is 0 Å². The van der Waals surface area contributed by atoms with Crippen LogP contribution in [0.2, 0.25) is 0 Å². The molecular weight excluding hydrogens is 450 g/mol. The van der Waals surface area contributed by atoms with E-state index >= 15 is 0 Å². The number of carbonyl (C=O) groups is 1. The number of amides is 1. The molecule has 1 aliphatic rings. The molecule has 0 spiro atoms. The third kappa shape index (κ3) is 6.90. The molecule has 7 nitrogen and oxygen atoms in total. The van der Waals surface area contributed by atoms with E-state index in [2.05, 4.69) is 31.3 Å². The lowest BCUT2D eigenvalue weighted by molar-refractivity contribution is -0.121. The number of carbonyl (C=O) groups excluding carboxylic acids is 1. The fourth-order valence-corrected chi connectivity index (χ4v) is 5.56. The van der Waals surface area contributed by atoms with E-state index < -0.39 is 15.9 Å². The van der Waals surface area contributed by atoms with Crippen LogP contribution in [0.1, 0.15) is 52.0 Å². The van der Waals surface area contributed by atoms with Gasteiger partial charge < -0.3 is 4.74 Å². The third-order valence-electron chi connectivity index (χ3n) is 6.35. The number of ether oxygens (including phenoxy) is 1. The van der Waals surface area contributed by atoms with Gasteiger partial charge in [-0.1, -0.05) is 51.1 Å². The first kappa shape index (κ1) is 25.9. The number of hydrogen-bond donors (Lipinski definition) is 1. The maximum absolute atomic E-state index is 13.4. The van der Waals surface area contributed by atoms with Gasteiger partial charge in [-0.25, -0.2) is 13.8 Å². The quantitative estimate of drug-likeness (QED) is 0.554. The van der Waals surface area contributed by atoms with E-state index in [4.69, 9.17) is 4.74 Å². The van der Waals surface area contributed by atoms with Crippen LogP contribution < -0.4 is 10.2 Å². The summed E-state index contributed by atoms with van der Waals surface area (Å²) in [5, 5.41) is 4.32. The maximum atomic E-state index is 13.4. The molecular formula is C26H35N3O4S. The summed E-state index contributed by atoms with van der Waals surface area (Å²) in [4.78, 5) is 12.8. The molecule has 1 saturated carbocycles.